The van der Waals surface area contributed by atoms with Gasteiger partial charge in [-0.2, -0.15) is 0 Å². The van der Waals surface area contributed by atoms with Gasteiger partial charge in [0, 0.05) is 19.1 Å². The molecule has 1 amide bonds. The van der Waals surface area contributed by atoms with Gasteiger partial charge in [-0.05, 0) is 45.2 Å². The van der Waals surface area contributed by atoms with Crippen molar-refractivity contribution in [3.8, 4) is 0 Å². The van der Waals surface area contributed by atoms with Crippen molar-refractivity contribution in [2.45, 2.75) is 45.6 Å². The SMILES string of the molecule is CCC1CN(C)CCCN1C(=O)[C@H]1CC(C)C[C@H]1C(=O)O. The molecule has 1 saturated heterocycles. The average molecular weight is 296 g/mol. The minimum absolute atomic E-state index is 0.0777. The van der Waals surface area contributed by atoms with Gasteiger partial charge in [0.2, 0.25) is 5.91 Å². The second kappa shape index (κ2) is 6.77. The first-order valence-corrected chi connectivity index (χ1v) is 8.15. The summed E-state index contributed by atoms with van der Waals surface area (Å²) in [5.74, 6) is -1.22. The van der Waals surface area contributed by atoms with Crippen LogP contribution in [0.5, 0.6) is 0 Å². The van der Waals surface area contributed by atoms with Gasteiger partial charge in [-0.25, -0.2) is 0 Å². The molecule has 2 rings (SSSR count). The van der Waals surface area contributed by atoms with E-state index in [4.69, 9.17) is 0 Å². The van der Waals surface area contributed by atoms with E-state index in [0.29, 0.717) is 12.3 Å². The van der Waals surface area contributed by atoms with Gasteiger partial charge in [0.25, 0.3) is 0 Å². The average Bonchev–Trinajstić information content (AvgIpc) is 2.72. The molecule has 0 aromatic carbocycles. The topological polar surface area (TPSA) is 60.9 Å². The van der Waals surface area contributed by atoms with E-state index in [0.717, 1.165) is 38.9 Å². The molecule has 1 heterocycles. The molecular weight excluding hydrogens is 268 g/mol. The summed E-state index contributed by atoms with van der Waals surface area (Å²) in [7, 11) is 2.09. The molecule has 1 aliphatic heterocycles. The Morgan fingerprint density at radius 3 is 2.48 bits per heavy atom. The van der Waals surface area contributed by atoms with E-state index in [2.05, 4.69) is 25.8 Å². The number of carboxylic acid groups (broad SMARTS) is 1. The van der Waals surface area contributed by atoms with Crippen LogP contribution in [0.15, 0.2) is 0 Å². The van der Waals surface area contributed by atoms with Crippen LogP contribution < -0.4 is 0 Å². The van der Waals surface area contributed by atoms with Gasteiger partial charge in [0.15, 0.2) is 0 Å². The van der Waals surface area contributed by atoms with Crippen LogP contribution in [0.1, 0.15) is 39.5 Å². The van der Waals surface area contributed by atoms with Crippen molar-refractivity contribution in [2.75, 3.05) is 26.7 Å². The first-order chi connectivity index (χ1) is 9.93. The van der Waals surface area contributed by atoms with Crippen molar-refractivity contribution in [3.63, 3.8) is 0 Å². The summed E-state index contributed by atoms with van der Waals surface area (Å²) in [6, 6.07) is 0.218. The second-order valence-electron chi connectivity index (χ2n) is 6.84. The molecule has 2 aliphatic rings. The lowest BCUT2D eigenvalue weighted by atomic mass is 9.94. The van der Waals surface area contributed by atoms with E-state index in [1.807, 2.05) is 4.90 Å². The Balaban J connectivity index is 2.14. The molecule has 2 fully saturated rings. The first kappa shape index (κ1) is 16.3. The Kier molecular flexibility index (Phi) is 5.25. The van der Waals surface area contributed by atoms with Crippen LogP contribution in [0.3, 0.4) is 0 Å². The molecule has 21 heavy (non-hydrogen) atoms. The maximum Gasteiger partial charge on any atom is 0.307 e. The van der Waals surface area contributed by atoms with Gasteiger partial charge >= 0.3 is 5.97 Å². The Labute approximate surface area is 127 Å². The summed E-state index contributed by atoms with van der Waals surface area (Å²) >= 11 is 0. The highest BCUT2D eigenvalue weighted by atomic mass is 16.4. The number of nitrogens with zero attached hydrogens (tertiary/aromatic N) is 2. The highest BCUT2D eigenvalue weighted by Gasteiger charge is 2.44. The maximum absolute atomic E-state index is 12.9. The zero-order valence-corrected chi connectivity index (χ0v) is 13.4. The monoisotopic (exact) mass is 296 g/mol. The molecule has 0 aromatic heterocycles. The summed E-state index contributed by atoms with van der Waals surface area (Å²) in [6.45, 7) is 6.82. The van der Waals surface area contributed by atoms with Crippen molar-refractivity contribution in [1.82, 2.24) is 9.80 Å². The van der Waals surface area contributed by atoms with Crippen molar-refractivity contribution in [3.05, 3.63) is 0 Å². The fourth-order valence-corrected chi connectivity index (χ4v) is 3.93. The van der Waals surface area contributed by atoms with Crippen LogP contribution in [0.4, 0.5) is 0 Å². The third-order valence-electron chi connectivity index (χ3n) is 5.09. The number of likely N-dealkylation sites (N-methyl/N-ethyl adjacent to an activating group) is 1. The number of rotatable bonds is 3. The quantitative estimate of drug-likeness (QED) is 0.860. The van der Waals surface area contributed by atoms with Crippen LogP contribution in [0.2, 0.25) is 0 Å². The molecule has 1 saturated carbocycles. The number of carbonyl (C=O) groups excluding carboxylic acids is 1. The number of amides is 1. The van der Waals surface area contributed by atoms with Gasteiger partial charge in [0.05, 0.1) is 11.8 Å². The standard InChI is InChI=1S/C16H28N2O3/c1-4-12-10-17(3)6-5-7-18(12)15(19)13-8-11(2)9-14(13)16(20)21/h11-14H,4-10H2,1-3H3,(H,20,21)/t11?,12?,13-,14+/m0/s1. The van der Waals surface area contributed by atoms with Crippen LogP contribution in [-0.2, 0) is 9.59 Å². The molecule has 1 aliphatic carbocycles. The highest BCUT2D eigenvalue weighted by Crippen LogP contribution is 2.38. The minimum Gasteiger partial charge on any atom is -0.481 e. The van der Waals surface area contributed by atoms with Crippen molar-refractivity contribution >= 4 is 11.9 Å². The molecule has 4 atom stereocenters. The summed E-state index contributed by atoms with van der Waals surface area (Å²) in [5, 5.41) is 9.39. The second-order valence-corrected chi connectivity index (χ2v) is 6.84. The fourth-order valence-electron chi connectivity index (χ4n) is 3.93. The number of aliphatic carboxylic acids is 1. The lowest BCUT2D eigenvalue weighted by molar-refractivity contribution is -0.150. The summed E-state index contributed by atoms with van der Waals surface area (Å²) in [6.07, 6.45) is 3.25. The molecule has 0 aromatic rings. The van der Waals surface area contributed by atoms with Crippen molar-refractivity contribution in [2.24, 2.45) is 17.8 Å². The van der Waals surface area contributed by atoms with E-state index in [1.54, 1.807) is 0 Å². The van der Waals surface area contributed by atoms with Gasteiger partial charge in [-0.15, -0.1) is 0 Å². The molecule has 2 unspecified atom stereocenters. The van der Waals surface area contributed by atoms with Crippen molar-refractivity contribution < 1.29 is 14.7 Å². The van der Waals surface area contributed by atoms with Gasteiger partial charge in [0.1, 0.15) is 0 Å². The normalized spacial score (nSPS) is 34.7. The van der Waals surface area contributed by atoms with Crippen LogP contribution in [0.25, 0.3) is 0 Å². The lowest BCUT2D eigenvalue weighted by Gasteiger charge is -2.33. The molecular formula is C16H28N2O3. The molecule has 0 radical (unpaired) electrons. The minimum atomic E-state index is -0.808. The number of hydrogen-bond donors (Lipinski definition) is 1. The zero-order valence-electron chi connectivity index (χ0n) is 13.4. The van der Waals surface area contributed by atoms with Crippen LogP contribution >= 0.6 is 0 Å². The lowest BCUT2D eigenvalue weighted by Crippen LogP contribution is -2.47. The Hall–Kier alpha value is -1.10. The summed E-state index contributed by atoms with van der Waals surface area (Å²) in [5.41, 5.74) is 0. The molecule has 120 valence electrons. The predicted molar refractivity (Wildman–Crippen MR) is 80.9 cm³/mol. The number of hydrogen-bond acceptors (Lipinski definition) is 3. The molecule has 0 bridgehead atoms. The third-order valence-corrected chi connectivity index (χ3v) is 5.09. The Morgan fingerprint density at radius 2 is 1.86 bits per heavy atom. The van der Waals surface area contributed by atoms with Gasteiger partial charge in [-0.3, -0.25) is 9.59 Å². The van der Waals surface area contributed by atoms with E-state index < -0.39 is 11.9 Å². The fraction of sp³-hybridized carbons (Fsp3) is 0.875. The number of carbonyl (C=O) groups is 2. The van der Waals surface area contributed by atoms with E-state index in [9.17, 15) is 14.7 Å². The zero-order chi connectivity index (χ0) is 15.6. The highest BCUT2D eigenvalue weighted by molar-refractivity contribution is 5.85. The number of carboxylic acids is 1. The Bertz CT molecular complexity index is 399. The largest absolute Gasteiger partial charge is 0.481 e. The van der Waals surface area contributed by atoms with Crippen molar-refractivity contribution in [1.29, 1.82) is 0 Å². The summed E-state index contributed by atoms with van der Waals surface area (Å²) in [4.78, 5) is 28.6. The maximum atomic E-state index is 12.9. The molecule has 5 nitrogen and oxygen atoms in total. The molecule has 0 spiro atoms. The third kappa shape index (κ3) is 3.57. The molecule has 1 N–H and O–H groups in total. The molecule has 5 heteroatoms. The Morgan fingerprint density at radius 1 is 1.19 bits per heavy atom. The van der Waals surface area contributed by atoms with Crippen LogP contribution in [0, 0.1) is 17.8 Å². The van der Waals surface area contributed by atoms with Crippen LogP contribution in [-0.4, -0.2) is 59.5 Å². The van der Waals surface area contributed by atoms with E-state index in [1.165, 1.54) is 0 Å². The van der Waals surface area contributed by atoms with E-state index in [-0.39, 0.29) is 17.9 Å². The first-order valence-electron chi connectivity index (χ1n) is 8.15. The smallest absolute Gasteiger partial charge is 0.307 e. The van der Waals surface area contributed by atoms with Gasteiger partial charge < -0.3 is 14.9 Å². The van der Waals surface area contributed by atoms with E-state index >= 15 is 0 Å². The summed E-state index contributed by atoms with van der Waals surface area (Å²) < 4.78 is 0. The predicted octanol–water partition coefficient (Wildman–Crippen LogP) is 1.68. The van der Waals surface area contributed by atoms with Gasteiger partial charge in [-0.1, -0.05) is 13.8 Å².